The van der Waals surface area contributed by atoms with Crippen LogP contribution in [0.15, 0.2) is 59.8 Å². The van der Waals surface area contributed by atoms with Gasteiger partial charge < -0.3 is 10.1 Å². The molecule has 32 heavy (non-hydrogen) atoms. The zero-order valence-electron chi connectivity index (χ0n) is 17.7. The summed E-state index contributed by atoms with van der Waals surface area (Å²) in [4.78, 5) is 28.9. The van der Waals surface area contributed by atoms with E-state index in [2.05, 4.69) is 10.3 Å². The van der Waals surface area contributed by atoms with E-state index in [0.29, 0.717) is 18.8 Å². The van der Waals surface area contributed by atoms with Gasteiger partial charge in [0.05, 0.1) is 12.0 Å². The summed E-state index contributed by atoms with van der Waals surface area (Å²) >= 11 is 0. The number of esters is 1. The fraction of sp³-hybridized carbons (Fsp3) is 0.435. The van der Waals surface area contributed by atoms with Gasteiger partial charge in [-0.3, -0.25) is 14.6 Å². The number of pyridine rings is 1. The van der Waals surface area contributed by atoms with Crippen LogP contribution in [0.25, 0.3) is 0 Å². The summed E-state index contributed by atoms with van der Waals surface area (Å²) in [5.74, 6) is -0.781. The van der Waals surface area contributed by atoms with Crippen molar-refractivity contribution in [2.75, 3.05) is 19.7 Å². The molecule has 9 heteroatoms. The van der Waals surface area contributed by atoms with Crippen molar-refractivity contribution in [1.29, 1.82) is 0 Å². The molecule has 1 N–H and O–H groups in total. The molecule has 2 fully saturated rings. The number of carbonyl (C=O) groups excluding carboxylic acids is 2. The van der Waals surface area contributed by atoms with Crippen LogP contribution in [0, 0.1) is 11.8 Å². The third kappa shape index (κ3) is 5.34. The summed E-state index contributed by atoms with van der Waals surface area (Å²) in [5, 5.41) is 2.99. The molecule has 1 aromatic carbocycles. The normalized spacial score (nSPS) is 18.6. The maximum atomic E-state index is 12.7. The van der Waals surface area contributed by atoms with Crippen LogP contribution in [-0.2, 0) is 24.3 Å². The molecule has 1 saturated heterocycles. The predicted molar refractivity (Wildman–Crippen MR) is 117 cm³/mol. The first-order valence-electron chi connectivity index (χ1n) is 10.9. The van der Waals surface area contributed by atoms with Crippen molar-refractivity contribution in [3.63, 3.8) is 0 Å². The number of hydrogen-bond acceptors (Lipinski definition) is 6. The number of amides is 1. The molecule has 0 radical (unpaired) electrons. The number of rotatable bonds is 8. The van der Waals surface area contributed by atoms with Crippen LogP contribution in [0.4, 0.5) is 0 Å². The van der Waals surface area contributed by atoms with Gasteiger partial charge in [0.2, 0.25) is 10.0 Å². The van der Waals surface area contributed by atoms with E-state index < -0.39 is 21.9 Å². The molecular weight excluding hydrogens is 430 g/mol. The van der Waals surface area contributed by atoms with Gasteiger partial charge in [-0.05, 0) is 49.3 Å². The maximum Gasteiger partial charge on any atom is 0.309 e. The molecule has 170 valence electrons. The Kier molecular flexibility index (Phi) is 6.86. The van der Waals surface area contributed by atoms with Crippen molar-refractivity contribution < 1.29 is 22.7 Å². The van der Waals surface area contributed by atoms with Crippen LogP contribution in [0.1, 0.15) is 37.3 Å². The lowest BCUT2D eigenvalue weighted by Gasteiger charge is -2.30. The van der Waals surface area contributed by atoms with E-state index >= 15 is 0 Å². The van der Waals surface area contributed by atoms with Crippen molar-refractivity contribution >= 4 is 21.9 Å². The monoisotopic (exact) mass is 457 g/mol. The second kappa shape index (κ2) is 9.79. The lowest BCUT2D eigenvalue weighted by atomic mass is 9.98. The molecule has 1 saturated carbocycles. The Morgan fingerprint density at radius 2 is 1.78 bits per heavy atom. The van der Waals surface area contributed by atoms with Crippen LogP contribution >= 0.6 is 0 Å². The minimum atomic E-state index is -3.62. The maximum absolute atomic E-state index is 12.7. The first-order valence-corrected chi connectivity index (χ1v) is 12.3. The molecule has 2 aromatic rings. The minimum Gasteiger partial charge on any atom is -0.455 e. The van der Waals surface area contributed by atoms with E-state index in [0.717, 1.165) is 18.4 Å². The standard InChI is InChI=1S/C23H27N3O5S/c27-21(25-22(18-8-9-18)17-5-2-1-3-6-17)16-31-23(28)19-10-13-26(14-11-19)32(29,30)20-7-4-12-24-15-20/h1-7,12,15,18-19,22H,8-11,13-14,16H2,(H,25,27). The summed E-state index contributed by atoms with van der Waals surface area (Å²) in [5.41, 5.74) is 1.05. The summed E-state index contributed by atoms with van der Waals surface area (Å²) in [6.45, 7) is 0.116. The number of nitrogens with one attached hydrogen (secondary N) is 1. The number of aromatic nitrogens is 1. The van der Waals surface area contributed by atoms with Crippen LogP contribution < -0.4 is 5.32 Å². The summed E-state index contributed by atoms with van der Waals surface area (Å²) < 4.78 is 32.0. The summed E-state index contributed by atoms with van der Waals surface area (Å²) in [6, 6.07) is 12.8. The van der Waals surface area contributed by atoms with Gasteiger partial charge in [0, 0.05) is 25.5 Å². The summed E-state index contributed by atoms with van der Waals surface area (Å²) in [7, 11) is -3.62. The van der Waals surface area contributed by atoms with E-state index in [-0.39, 0.29) is 36.5 Å². The van der Waals surface area contributed by atoms with Gasteiger partial charge in [-0.25, -0.2) is 8.42 Å². The number of carbonyl (C=O) groups is 2. The molecular formula is C23H27N3O5S. The molecule has 4 rings (SSSR count). The molecule has 1 atom stereocenters. The fourth-order valence-corrected chi connectivity index (χ4v) is 5.45. The Morgan fingerprint density at radius 3 is 2.41 bits per heavy atom. The first kappa shape index (κ1) is 22.4. The largest absolute Gasteiger partial charge is 0.455 e. The molecule has 1 aromatic heterocycles. The fourth-order valence-electron chi connectivity index (χ4n) is 4.01. The van der Waals surface area contributed by atoms with Gasteiger partial charge in [-0.15, -0.1) is 0 Å². The highest BCUT2D eigenvalue weighted by atomic mass is 32.2. The van der Waals surface area contributed by atoms with Gasteiger partial charge in [0.25, 0.3) is 5.91 Å². The van der Waals surface area contributed by atoms with Crippen LogP contribution in [-0.4, -0.2) is 49.3 Å². The van der Waals surface area contributed by atoms with Crippen molar-refractivity contribution in [3.8, 4) is 0 Å². The number of ether oxygens (including phenoxy) is 1. The lowest BCUT2D eigenvalue weighted by Crippen LogP contribution is -2.41. The van der Waals surface area contributed by atoms with Gasteiger partial charge >= 0.3 is 5.97 Å². The second-order valence-electron chi connectivity index (χ2n) is 8.27. The van der Waals surface area contributed by atoms with E-state index in [1.165, 1.54) is 22.8 Å². The van der Waals surface area contributed by atoms with Crippen LogP contribution in [0.3, 0.4) is 0 Å². The topological polar surface area (TPSA) is 106 Å². The molecule has 1 amide bonds. The Morgan fingerprint density at radius 1 is 1.06 bits per heavy atom. The van der Waals surface area contributed by atoms with Crippen molar-refractivity contribution in [1.82, 2.24) is 14.6 Å². The third-order valence-corrected chi connectivity index (χ3v) is 7.86. The molecule has 2 heterocycles. The third-order valence-electron chi connectivity index (χ3n) is 5.97. The zero-order valence-corrected chi connectivity index (χ0v) is 18.5. The van der Waals surface area contributed by atoms with Crippen molar-refractivity contribution in [3.05, 3.63) is 60.4 Å². The Balaban J connectivity index is 1.25. The van der Waals surface area contributed by atoms with Gasteiger partial charge in [-0.2, -0.15) is 4.31 Å². The molecule has 0 bridgehead atoms. The number of sulfonamides is 1. The molecule has 1 aliphatic heterocycles. The first-order chi connectivity index (χ1) is 15.4. The highest BCUT2D eigenvalue weighted by molar-refractivity contribution is 7.89. The van der Waals surface area contributed by atoms with E-state index in [1.807, 2.05) is 30.3 Å². The van der Waals surface area contributed by atoms with Gasteiger partial charge in [0.1, 0.15) is 4.90 Å². The Labute approximate surface area is 188 Å². The van der Waals surface area contributed by atoms with E-state index in [9.17, 15) is 18.0 Å². The molecule has 0 spiro atoms. The van der Waals surface area contributed by atoms with Crippen molar-refractivity contribution in [2.24, 2.45) is 11.8 Å². The van der Waals surface area contributed by atoms with E-state index in [1.54, 1.807) is 6.07 Å². The lowest BCUT2D eigenvalue weighted by molar-refractivity contribution is -0.153. The number of nitrogens with zero attached hydrogens (tertiary/aromatic N) is 2. The Hall–Kier alpha value is -2.78. The highest BCUT2D eigenvalue weighted by Gasteiger charge is 2.35. The van der Waals surface area contributed by atoms with Gasteiger partial charge in [-0.1, -0.05) is 30.3 Å². The average molecular weight is 458 g/mol. The summed E-state index contributed by atoms with van der Waals surface area (Å²) in [6.07, 6.45) is 5.69. The number of benzene rings is 1. The van der Waals surface area contributed by atoms with E-state index in [4.69, 9.17) is 4.74 Å². The second-order valence-corrected chi connectivity index (χ2v) is 10.2. The smallest absolute Gasteiger partial charge is 0.309 e. The molecule has 1 unspecified atom stereocenters. The highest BCUT2D eigenvalue weighted by Crippen LogP contribution is 2.40. The number of piperidine rings is 1. The molecule has 2 aliphatic rings. The molecule has 1 aliphatic carbocycles. The quantitative estimate of drug-likeness (QED) is 0.610. The van der Waals surface area contributed by atoms with Crippen molar-refractivity contribution in [2.45, 2.75) is 36.6 Å². The zero-order chi connectivity index (χ0) is 22.6. The Bertz CT molecular complexity index is 1030. The SMILES string of the molecule is O=C(COC(=O)C1CCN(S(=O)(=O)c2cccnc2)CC1)NC(c1ccccc1)C1CC1. The van der Waals surface area contributed by atoms with Crippen LogP contribution in [0.5, 0.6) is 0 Å². The predicted octanol–water partition coefficient (Wildman–Crippen LogP) is 2.29. The average Bonchev–Trinajstić information content (AvgIpc) is 3.67. The number of hydrogen-bond donors (Lipinski definition) is 1. The minimum absolute atomic E-state index is 0.0664. The van der Waals surface area contributed by atoms with Gasteiger partial charge in [0.15, 0.2) is 6.61 Å². The molecule has 8 nitrogen and oxygen atoms in total. The van der Waals surface area contributed by atoms with Crippen LogP contribution in [0.2, 0.25) is 0 Å².